The lowest BCUT2D eigenvalue weighted by Crippen LogP contribution is -2.30. The smallest absolute Gasteiger partial charge is 0.260 e. The molecule has 0 aliphatic heterocycles. The summed E-state index contributed by atoms with van der Waals surface area (Å²) >= 11 is 1.50. The van der Waals surface area contributed by atoms with E-state index in [0.29, 0.717) is 28.7 Å². The average Bonchev–Trinajstić information content (AvgIpc) is 3.49. The molecular weight excluding hydrogens is 420 g/mol. The summed E-state index contributed by atoms with van der Waals surface area (Å²) in [5.74, 6) is 1.96. The van der Waals surface area contributed by atoms with Gasteiger partial charge in [-0.15, -0.1) is 0 Å². The molecule has 5 nitrogen and oxygen atoms in total. The van der Waals surface area contributed by atoms with E-state index in [2.05, 4.69) is 0 Å². The third-order valence-electron chi connectivity index (χ3n) is 5.06. The molecule has 0 unspecified atom stereocenters. The molecule has 2 aromatic heterocycles. The third-order valence-corrected chi connectivity index (χ3v) is 6.10. The van der Waals surface area contributed by atoms with E-state index in [4.69, 9.17) is 14.1 Å². The van der Waals surface area contributed by atoms with Crippen LogP contribution in [0.4, 0.5) is 5.13 Å². The van der Waals surface area contributed by atoms with E-state index in [-0.39, 0.29) is 5.91 Å². The summed E-state index contributed by atoms with van der Waals surface area (Å²) < 4.78 is 12.4. The molecule has 6 heteroatoms. The van der Waals surface area contributed by atoms with E-state index >= 15 is 0 Å². The zero-order chi connectivity index (χ0) is 21.9. The van der Waals surface area contributed by atoms with Crippen LogP contribution in [0.5, 0.6) is 11.5 Å². The Morgan fingerprint density at radius 3 is 2.44 bits per heavy atom. The van der Waals surface area contributed by atoms with E-state index in [0.717, 1.165) is 21.5 Å². The van der Waals surface area contributed by atoms with Crippen molar-refractivity contribution in [3.63, 3.8) is 0 Å². The topological polar surface area (TPSA) is 55.6 Å². The molecule has 158 valence electrons. The number of benzene rings is 3. The van der Waals surface area contributed by atoms with Gasteiger partial charge >= 0.3 is 0 Å². The van der Waals surface area contributed by atoms with Gasteiger partial charge in [-0.2, -0.15) is 0 Å². The first-order chi connectivity index (χ1) is 15.7. The zero-order valence-corrected chi connectivity index (χ0v) is 18.2. The fraction of sp³-hybridized carbons (Fsp3) is 0.0769. The molecular formula is C26H20N2O3S. The van der Waals surface area contributed by atoms with Crippen LogP contribution in [0.3, 0.4) is 0 Å². The van der Waals surface area contributed by atoms with Crippen LogP contribution in [0.2, 0.25) is 0 Å². The van der Waals surface area contributed by atoms with Crippen molar-refractivity contribution >= 4 is 32.6 Å². The van der Waals surface area contributed by atoms with Crippen LogP contribution in [-0.4, -0.2) is 10.9 Å². The van der Waals surface area contributed by atoms with Crippen molar-refractivity contribution < 1.29 is 13.9 Å². The highest BCUT2D eigenvalue weighted by molar-refractivity contribution is 7.22. The van der Waals surface area contributed by atoms with Gasteiger partial charge in [0.25, 0.3) is 5.91 Å². The molecule has 0 radical (unpaired) electrons. The number of carbonyl (C=O) groups is 1. The van der Waals surface area contributed by atoms with Crippen LogP contribution in [0.1, 0.15) is 21.7 Å². The maximum Gasteiger partial charge on any atom is 0.260 e. The minimum Gasteiger partial charge on any atom is -0.467 e. The molecule has 5 aromatic rings. The number of amides is 1. The minimum absolute atomic E-state index is 0.149. The van der Waals surface area contributed by atoms with Gasteiger partial charge in [0.15, 0.2) is 5.13 Å². The monoisotopic (exact) mass is 440 g/mol. The van der Waals surface area contributed by atoms with Crippen LogP contribution < -0.4 is 9.64 Å². The van der Waals surface area contributed by atoms with Gasteiger partial charge in [0.2, 0.25) is 0 Å². The number of nitrogens with zero attached hydrogens (tertiary/aromatic N) is 2. The summed E-state index contributed by atoms with van der Waals surface area (Å²) in [4.78, 5) is 19.9. The lowest BCUT2D eigenvalue weighted by Gasteiger charge is -2.19. The number of fused-ring (bicyclic) bond motifs is 1. The SMILES string of the molecule is Cc1cccc2sc(N(Cc3ccco3)C(=O)c3ccc(Oc4ccccc4)cc3)nc12. The van der Waals surface area contributed by atoms with Gasteiger partial charge in [0.05, 0.1) is 23.0 Å². The summed E-state index contributed by atoms with van der Waals surface area (Å²) in [5, 5.41) is 0.639. The van der Waals surface area contributed by atoms with Gasteiger partial charge in [-0.05, 0) is 67.1 Å². The molecule has 0 saturated heterocycles. The molecule has 3 aromatic carbocycles. The van der Waals surface area contributed by atoms with Crippen molar-refractivity contribution in [1.82, 2.24) is 4.98 Å². The van der Waals surface area contributed by atoms with Gasteiger partial charge in [-0.1, -0.05) is 41.7 Å². The van der Waals surface area contributed by atoms with Gasteiger partial charge in [-0.25, -0.2) is 4.98 Å². The number of para-hydroxylation sites is 2. The molecule has 0 bridgehead atoms. The Morgan fingerprint density at radius 2 is 1.72 bits per heavy atom. The molecule has 5 rings (SSSR count). The van der Waals surface area contributed by atoms with E-state index in [1.807, 2.05) is 67.6 Å². The highest BCUT2D eigenvalue weighted by atomic mass is 32.1. The van der Waals surface area contributed by atoms with Crippen molar-refractivity contribution in [2.75, 3.05) is 4.90 Å². The van der Waals surface area contributed by atoms with Crippen molar-refractivity contribution in [2.24, 2.45) is 0 Å². The quantitative estimate of drug-likeness (QED) is 0.290. The summed E-state index contributed by atoms with van der Waals surface area (Å²) in [6.45, 7) is 2.32. The Balaban J connectivity index is 1.45. The number of ether oxygens (including phenoxy) is 1. The second-order valence-corrected chi connectivity index (χ2v) is 8.34. The number of anilines is 1. The van der Waals surface area contributed by atoms with Crippen LogP contribution in [-0.2, 0) is 6.54 Å². The Bertz CT molecular complexity index is 1340. The first-order valence-electron chi connectivity index (χ1n) is 10.2. The molecule has 0 spiro atoms. The second-order valence-electron chi connectivity index (χ2n) is 7.33. The summed E-state index contributed by atoms with van der Waals surface area (Å²) in [6, 6.07) is 26.4. The Morgan fingerprint density at radius 1 is 0.938 bits per heavy atom. The number of rotatable bonds is 6. The molecule has 1 amide bonds. The van der Waals surface area contributed by atoms with E-state index in [1.165, 1.54) is 11.3 Å². The lowest BCUT2D eigenvalue weighted by atomic mass is 10.2. The number of thiazole rings is 1. The van der Waals surface area contributed by atoms with Gasteiger partial charge in [-0.3, -0.25) is 9.69 Å². The van der Waals surface area contributed by atoms with Gasteiger partial charge < -0.3 is 9.15 Å². The fourth-order valence-corrected chi connectivity index (χ4v) is 4.46. The molecule has 2 heterocycles. The van der Waals surface area contributed by atoms with Crippen molar-refractivity contribution in [1.29, 1.82) is 0 Å². The van der Waals surface area contributed by atoms with Gasteiger partial charge in [0, 0.05) is 5.56 Å². The van der Waals surface area contributed by atoms with Crippen molar-refractivity contribution in [2.45, 2.75) is 13.5 Å². The molecule has 0 aliphatic rings. The predicted molar refractivity (Wildman–Crippen MR) is 127 cm³/mol. The Kier molecular flexibility index (Phi) is 5.44. The van der Waals surface area contributed by atoms with E-state index < -0.39 is 0 Å². The number of aromatic nitrogens is 1. The standard InChI is InChI=1S/C26H20N2O3S/c1-18-7-5-11-23-24(18)27-26(32-23)28(17-22-10-6-16-30-22)25(29)19-12-14-21(15-13-19)31-20-8-3-2-4-9-20/h2-16H,17H2,1H3. The average molecular weight is 441 g/mol. The lowest BCUT2D eigenvalue weighted by molar-refractivity contribution is 0.0983. The zero-order valence-electron chi connectivity index (χ0n) is 17.4. The first-order valence-corrected chi connectivity index (χ1v) is 11.0. The minimum atomic E-state index is -0.149. The molecule has 0 N–H and O–H groups in total. The third kappa shape index (κ3) is 4.13. The van der Waals surface area contributed by atoms with Gasteiger partial charge in [0.1, 0.15) is 17.3 Å². The van der Waals surface area contributed by atoms with E-state index in [1.54, 1.807) is 35.4 Å². The summed E-state index contributed by atoms with van der Waals surface area (Å²) in [5.41, 5.74) is 2.54. The van der Waals surface area contributed by atoms with Crippen molar-refractivity contribution in [3.05, 3.63) is 108 Å². The number of furan rings is 1. The van der Waals surface area contributed by atoms with Crippen LogP contribution >= 0.6 is 11.3 Å². The van der Waals surface area contributed by atoms with Crippen molar-refractivity contribution in [3.8, 4) is 11.5 Å². The number of aryl methyl sites for hydroxylation is 1. The highest BCUT2D eigenvalue weighted by Gasteiger charge is 2.23. The number of hydrogen-bond donors (Lipinski definition) is 0. The van der Waals surface area contributed by atoms with E-state index in [9.17, 15) is 4.79 Å². The second kappa shape index (κ2) is 8.69. The number of hydrogen-bond acceptors (Lipinski definition) is 5. The number of carbonyl (C=O) groups excluding carboxylic acids is 1. The van der Waals surface area contributed by atoms with Crippen LogP contribution in [0, 0.1) is 6.92 Å². The first kappa shape index (κ1) is 20.0. The molecule has 0 aliphatic carbocycles. The maximum absolute atomic E-state index is 13.5. The molecule has 32 heavy (non-hydrogen) atoms. The largest absolute Gasteiger partial charge is 0.467 e. The maximum atomic E-state index is 13.5. The Labute approximate surface area is 189 Å². The summed E-state index contributed by atoms with van der Waals surface area (Å²) in [7, 11) is 0. The molecule has 0 saturated carbocycles. The predicted octanol–water partition coefficient (Wildman–Crippen LogP) is 6.84. The van der Waals surface area contributed by atoms with Crippen LogP contribution in [0.15, 0.2) is 95.6 Å². The normalized spacial score (nSPS) is 10.9. The highest BCUT2D eigenvalue weighted by Crippen LogP contribution is 2.32. The molecule has 0 fully saturated rings. The summed E-state index contributed by atoms with van der Waals surface area (Å²) in [6.07, 6.45) is 1.61. The fourth-order valence-electron chi connectivity index (χ4n) is 3.42. The molecule has 0 atom stereocenters. The van der Waals surface area contributed by atoms with Crippen LogP contribution in [0.25, 0.3) is 10.2 Å². The Hall–Kier alpha value is -3.90.